The lowest BCUT2D eigenvalue weighted by atomic mass is 9.86. The lowest BCUT2D eigenvalue weighted by Crippen LogP contribution is -2.52. The molecule has 0 radical (unpaired) electrons. The van der Waals surface area contributed by atoms with E-state index in [1.54, 1.807) is 30.3 Å². The Morgan fingerprint density at radius 3 is 2.41 bits per heavy atom. The second kappa shape index (κ2) is 7.23. The second-order valence-corrected chi connectivity index (χ2v) is 6.98. The molecule has 27 heavy (non-hydrogen) atoms. The minimum Gasteiger partial charge on any atom is -0.444 e. The van der Waals surface area contributed by atoms with Crippen molar-refractivity contribution in [1.82, 2.24) is 4.90 Å². The first-order valence-corrected chi connectivity index (χ1v) is 8.96. The molecule has 3 heterocycles. The van der Waals surface area contributed by atoms with E-state index in [4.69, 9.17) is 4.74 Å². The van der Waals surface area contributed by atoms with Gasteiger partial charge in [-0.2, -0.15) is 0 Å². The molecule has 7 heteroatoms. The number of hydrogen-bond acceptors (Lipinski definition) is 3. The molecule has 4 nitrogen and oxygen atoms in total. The van der Waals surface area contributed by atoms with Crippen molar-refractivity contribution in [2.75, 3.05) is 25.0 Å². The summed E-state index contributed by atoms with van der Waals surface area (Å²) in [5.74, 6) is -3.99. The van der Waals surface area contributed by atoms with Gasteiger partial charge in [-0.05, 0) is 37.4 Å². The summed E-state index contributed by atoms with van der Waals surface area (Å²) >= 11 is 0. The molecular weight excluding hydrogens is 357 g/mol. The number of fused-ring (bicyclic) bond motifs is 3. The first-order valence-electron chi connectivity index (χ1n) is 8.96. The van der Waals surface area contributed by atoms with Gasteiger partial charge in [-0.3, -0.25) is 10.2 Å². The average Bonchev–Trinajstić information content (AvgIpc) is 2.68. The Bertz CT molecular complexity index is 852. The first kappa shape index (κ1) is 17.9. The Morgan fingerprint density at radius 1 is 1.07 bits per heavy atom. The lowest BCUT2D eigenvalue weighted by Gasteiger charge is -2.43. The Balaban J connectivity index is 1.59. The van der Waals surface area contributed by atoms with Crippen molar-refractivity contribution in [3.8, 4) is 11.1 Å². The number of benzene rings is 2. The van der Waals surface area contributed by atoms with Crippen LogP contribution in [0.3, 0.4) is 0 Å². The zero-order valence-corrected chi connectivity index (χ0v) is 14.6. The first-order chi connectivity index (χ1) is 13.0. The number of hydrogen-bond donors (Lipinski definition) is 1. The van der Waals surface area contributed by atoms with Gasteiger partial charge < -0.3 is 4.74 Å². The van der Waals surface area contributed by atoms with Crippen molar-refractivity contribution in [2.45, 2.75) is 18.9 Å². The Hall–Kier alpha value is -2.54. The smallest absolute Gasteiger partial charge is 0.411 e. The van der Waals surface area contributed by atoms with Crippen LogP contribution in [0.2, 0.25) is 0 Å². The van der Waals surface area contributed by atoms with Crippen LogP contribution in [0.15, 0.2) is 36.4 Å². The molecule has 3 fully saturated rings. The minimum absolute atomic E-state index is 0.163. The van der Waals surface area contributed by atoms with E-state index in [1.807, 2.05) is 0 Å². The van der Waals surface area contributed by atoms with Gasteiger partial charge in [0.1, 0.15) is 6.10 Å². The fourth-order valence-electron chi connectivity index (χ4n) is 3.90. The van der Waals surface area contributed by atoms with Crippen molar-refractivity contribution in [3.05, 3.63) is 53.8 Å². The van der Waals surface area contributed by atoms with Gasteiger partial charge in [0.15, 0.2) is 17.5 Å². The summed E-state index contributed by atoms with van der Waals surface area (Å²) < 4.78 is 47.4. The molecule has 0 aromatic heterocycles. The summed E-state index contributed by atoms with van der Waals surface area (Å²) in [7, 11) is 0. The van der Waals surface area contributed by atoms with Crippen LogP contribution in [-0.2, 0) is 4.74 Å². The van der Waals surface area contributed by atoms with Gasteiger partial charge in [0.25, 0.3) is 0 Å². The van der Waals surface area contributed by atoms with Crippen LogP contribution in [0.1, 0.15) is 12.8 Å². The van der Waals surface area contributed by atoms with E-state index in [2.05, 4.69) is 10.2 Å². The number of nitrogens with zero attached hydrogens (tertiary/aromatic N) is 1. The van der Waals surface area contributed by atoms with Crippen LogP contribution in [0.5, 0.6) is 0 Å². The van der Waals surface area contributed by atoms with Crippen molar-refractivity contribution >= 4 is 11.8 Å². The maximum Gasteiger partial charge on any atom is 0.411 e. The molecule has 0 aliphatic carbocycles. The molecule has 3 aliphatic rings. The van der Waals surface area contributed by atoms with Gasteiger partial charge >= 0.3 is 6.09 Å². The third kappa shape index (κ3) is 3.51. The van der Waals surface area contributed by atoms with Crippen molar-refractivity contribution in [3.63, 3.8) is 0 Å². The van der Waals surface area contributed by atoms with Gasteiger partial charge in [-0.15, -0.1) is 0 Å². The predicted octanol–water partition coefficient (Wildman–Crippen LogP) is 4.41. The molecule has 1 amide bonds. The van der Waals surface area contributed by atoms with E-state index >= 15 is 0 Å². The van der Waals surface area contributed by atoms with E-state index in [1.165, 1.54) is 0 Å². The Morgan fingerprint density at radius 2 is 1.78 bits per heavy atom. The summed E-state index contributed by atoms with van der Waals surface area (Å²) in [6, 6.07) is 8.89. The lowest BCUT2D eigenvalue weighted by molar-refractivity contribution is -0.0289. The van der Waals surface area contributed by atoms with E-state index < -0.39 is 23.5 Å². The van der Waals surface area contributed by atoms with Crippen LogP contribution in [0.4, 0.5) is 23.7 Å². The largest absolute Gasteiger partial charge is 0.444 e. The molecule has 2 bridgehead atoms. The quantitative estimate of drug-likeness (QED) is 0.807. The molecule has 3 saturated heterocycles. The van der Waals surface area contributed by atoms with Gasteiger partial charge in [-0.25, -0.2) is 18.0 Å². The molecule has 1 N–H and O–H groups in total. The molecular formula is C20H19F3N2O2. The molecule has 5 rings (SSSR count). The molecule has 0 unspecified atom stereocenters. The molecule has 142 valence electrons. The standard InChI is InChI=1S/C20H19F3N2O2/c21-14-10-15(17(19(23)18(14)22)13-4-2-1-3-5-13)24-20(26)27-16-11-25-8-6-12(16)7-9-25/h1-5,10,12,16H,6-9,11H2,(H,24,26)/t16-/m0/s1. The zero-order chi connectivity index (χ0) is 19.0. The van der Waals surface area contributed by atoms with Crippen LogP contribution in [0.25, 0.3) is 11.1 Å². The average molecular weight is 376 g/mol. The van der Waals surface area contributed by atoms with E-state index in [0.717, 1.165) is 32.0 Å². The number of carbonyl (C=O) groups is 1. The highest BCUT2D eigenvalue weighted by Crippen LogP contribution is 2.34. The highest BCUT2D eigenvalue weighted by atomic mass is 19.2. The molecule has 0 spiro atoms. The third-order valence-electron chi connectivity index (χ3n) is 5.32. The van der Waals surface area contributed by atoms with Gasteiger partial charge in [0, 0.05) is 18.2 Å². The monoisotopic (exact) mass is 376 g/mol. The highest BCUT2D eigenvalue weighted by molar-refractivity contribution is 5.91. The van der Waals surface area contributed by atoms with E-state index in [9.17, 15) is 18.0 Å². The van der Waals surface area contributed by atoms with Crippen molar-refractivity contribution < 1.29 is 22.7 Å². The molecule has 2 aromatic rings. The van der Waals surface area contributed by atoms with Crippen LogP contribution < -0.4 is 5.32 Å². The Labute approximate surface area is 154 Å². The number of nitrogens with one attached hydrogen (secondary N) is 1. The van der Waals surface area contributed by atoms with Gasteiger partial charge in [0.05, 0.1) is 5.69 Å². The van der Waals surface area contributed by atoms with Gasteiger partial charge in [0.2, 0.25) is 0 Å². The maximum atomic E-state index is 14.4. The number of amides is 1. The van der Waals surface area contributed by atoms with Crippen molar-refractivity contribution in [1.29, 1.82) is 0 Å². The normalized spacial score (nSPS) is 23.9. The topological polar surface area (TPSA) is 41.6 Å². The van der Waals surface area contributed by atoms with Gasteiger partial charge in [-0.1, -0.05) is 30.3 Å². The summed E-state index contributed by atoms with van der Waals surface area (Å²) in [6.45, 7) is 2.66. The fraction of sp³-hybridized carbons (Fsp3) is 0.350. The SMILES string of the molecule is O=C(Nc1cc(F)c(F)c(F)c1-c1ccccc1)O[C@H]1CN2CCC1CC2. The van der Waals surface area contributed by atoms with Crippen LogP contribution in [0, 0.1) is 23.4 Å². The zero-order valence-electron chi connectivity index (χ0n) is 14.6. The number of halogens is 3. The number of ether oxygens (including phenoxy) is 1. The summed E-state index contributed by atoms with van der Waals surface area (Å²) in [5.41, 5.74) is -0.0451. The Kier molecular flexibility index (Phi) is 4.78. The van der Waals surface area contributed by atoms with E-state index in [0.29, 0.717) is 18.0 Å². The second-order valence-electron chi connectivity index (χ2n) is 6.98. The molecule has 2 aromatic carbocycles. The molecule has 0 saturated carbocycles. The highest BCUT2D eigenvalue weighted by Gasteiger charge is 2.36. The third-order valence-corrected chi connectivity index (χ3v) is 5.32. The summed E-state index contributed by atoms with van der Waals surface area (Å²) in [6.07, 6.45) is 0.888. The fourth-order valence-corrected chi connectivity index (χ4v) is 3.90. The van der Waals surface area contributed by atoms with Crippen LogP contribution >= 0.6 is 0 Å². The molecule has 3 aliphatic heterocycles. The number of anilines is 1. The number of piperidine rings is 3. The summed E-state index contributed by atoms with van der Waals surface area (Å²) in [5, 5.41) is 2.40. The minimum atomic E-state index is -1.58. The van der Waals surface area contributed by atoms with Crippen molar-refractivity contribution in [2.24, 2.45) is 5.92 Å². The molecule has 1 atom stereocenters. The summed E-state index contributed by atoms with van der Waals surface area (Å²) in [4.78, 5) is 14.6. The number of rotatable bonds is 3. The van der Waals surface area contributed by atoms with E-state index in [-0.39, 0.29) is 17.4 Å². The predicted molar refractivity (Wildman–Crippen MR) is 94.8 cm³/mol. The number of carbonyl (C=O) groups excluding carboxylic acids is 1. The van der Waals surface area contributed by atoms with Crippen LogP contribution in [-0.4, -0.2) is 36.7 Å². The maximum absolute atomic E-state index is 14.4.